The summed E-state index contributed by atoms with van der Waals surface area (Å²) in [5.74, 6) is 1.21. The smallest absolute Gasteiger partial charge is 0.293 e. The van der Waals surface area contributed by atoms with Crippen molar-refractivity contribution in [3.05, 3.63) is 0 Å². The molecule has 2 heterocycles. The van der Waals surface area contributed by atoms with Crippen LogP contribution in [0, 0.1) is 0 Å². The topological polar surface area (TPSA) is 49.5 Å². The first-order chi connectivity index (χ1) is 6.93. The minimum absolute atomic E-state index is 0.208. The first kappa shape index (κ1) is 12.8. The van der Waals surface area contributed by atoms with Crippen LogP contribution < -0.4 is 0 Å². The molecule has 4 nitrogen and oxygen atoms in total. The van der Waals surface area contributed by atoms with Crippen LogP contribution in [0.15, 0.2) is 0 Å². The third kappa shape index (κ3) is 3.66. The maximum absolute atomic E-state index is 9.60. The van der Waals surface area contributed by atoms with E-state index in [4.69, 9.17) is 5.11 Å². The fourth-order valence-corrected chi connectivity index (χ4v) is 2.67. The number of rotatable bonds is 2. The van der Waals surface area contributed by atoms with Crippen LogP contribution in [0.3, 0.4) is 0 Å². The number of thioether (sulfide) groups is 1. The van der Waals surface area contributed by atoms with Gasteiger partial charge in [-0.1, -0.05) is 0 Å². The Kier molecular flexibility index (Phi) is 4.03. The summed E-state index contributed by atoms with van der Waals surface area (Å²) < 4.78 is 4.55. The molecule has 0 bridgehead atoms. The molecule has 2 aliphatic rings. The van der Waals surface area contributed by atoms with Crippen LogP contribution in [-0.2, 0) is 9.53 Å². The Hall–Kier alpha value is -0.260. The second-order valence-electron chi connectivity index (χ2n) is 4.70. The first-order valence-electron chi connectivity index (χ1n) is 5.05. The highest BCUT2D eigenvalue weighted by atomic mass is 32.2. The number of carbonyl (C=O) groups excluding carboxylic acids is 1. The molecular formula is C10H19NO3S. The van der Waals surface area contributed by atoms with Gasteiger partial charge in [0.25, 0.3) is 6.47 Å². The normalized spacial score (nSPS) is 32.4. The molecule has 1 N–H and O–H groups in total. The van der Waals surface area contributed by atoms with Crippen molar-refractivity contribution in [3.63, 3.8) is 0 Å². The maximum atomic E-state index is 9.60. The molecule has 88 valence electrons. The van der Waals surface area contributed by atoms with Gasteiger partial charge in [-0.25, -0.2) is 0 Å². The monoisotopic (exact) mass is 233 g/mol. The van der Waals surface area contributed by atoms with Crippen molar-refractivity contribution < 1.29 is 14.6 Å². The van der Waals surface area contributed by atoms with E-state index in [1.54, 1.807) is 0 Å². The Bertz CT molecular complexity index is 225. The minimum Gasteiger partial charge on any atom is -0.462 e. The summed E-state index contributed by atoms with van der Waals surface area (Å²) in [7, 11) is 0. The van der Waals surface area contributed by atoms with Crippen molar-refractivity contribution in [2.24, 2.45) is 0 Å². The van der Waals surface area contributed by atoms with E-state index in [1.165, 1.54) is 12.3 Å². The second kappa shape index (κ2) is 4.72. The Balaban J connectivity index is 0.000000153. The molecule has 0 aromatic carbocycles. The van der Waals surface area contributed by atoms with Gasteiger partial charge in [0.1, 0.15) is 10.5 Å². The number of ether oxygens (including phenoxy) is 1. The van der Waals surface area contributed by atoms with Gasteiger partial charge in [-0.05, 0) is 20.8 Å². The average Bonchev–Trinajstić information content (AvgIpc) is 2.69. The predicted octanol–water partition coefficient (Wildman–Crippen LogP) is 0.695. The molecular weight excluding hydrogens is 214 g/mol. The molecule has 0 aliphatic carbocycles. The van der Waals surface area contributed by atoms with Crippen LogP contribution >= 0.6 is 11.8 Å². The molecule has 15 heavy (non-hydrogen) atoms. The molecule has 0 amide bonds. The summed E-state index contributed by atoms with van der Waals surface area (Å²) in [6, 6.07) is 0. The molecule has 0 spiro atoms. The average molecular weight is 233 g/mol. The highest BCUT2D eigenvalue weighted by Gasteiger charge is 2.55. The predicted molar refractivity (Wildman–Crippen MR) is 60.7 cm³/mol. The molecule has 0 aromatic heterocycles. The molecule has 2 unspecified atom stereocenters. The van der Waals surface area contributed by atoms with Crippen LogP contribution in [0.4, 0.5) is 0 Å². The molecule has 2 saturated heterocycles. The molecule has 2 fully saturated rings. The lowest BCUT2D eigenvalue weighted by molar-refractivity contribution is -0.138. The van der Waals surface area contributed by atoms with Gasteiger partial charge in [0.15, 0.2) is 0 Å². The van der Waals surface area contributed by atoms with Gasteiger partial charge in [0.05, 0.1) is 6.61 Å². The molecule has 0 radical (unpaired) electrons. The zero-order valence-electron chi connectivity index (χ0n) is 9.52. The first-order valence-corrected chi connectivity index (χ1v) is 6.03. The lowest BCUT2D eigenvalue weighted by atomic mass is 10.2. The van der Waals surface area contributed by atoms with E-state index in [1.807, 2.05) is 32.5 Å². The molecule has 2 aliphatic heterocycles. The van der Waals surface area contributed by atoms with Crippen molar-refractivity contribution in [1.29, 1.82) is 0 Å². The number of hydrogen-bond donors (Lipinski definition) is 1. The molecule has 2 atom stereocenters. The standard InChI is InChI=1S/C5H9NOS.C5H10O2/c7-4-5-3-6(5)1-2-8-5;1-5(2,3)7-4-6/h7H,1-4H2;4H,1-3H3. The van der Waals surface area contributed by atoms with Gasteiger partial charge in [0, 0.05) is 18.8 Å². The van der Waals surface area contributed by atoms with Crippen molar-refractivity contribution in [2.75, 3.05) is 25.4 Å². The summed E-state index contributed by atoms with van der Waals surface area (Å²) in [5.41, 5.74) is -0.318. The zero-order chi connectivity index (χ0) is 11.5. The fourth-order valence-electron chi connectivity index (χ4n) is 1.37. The minimum atomic E-state index is -0.318. The third-order valence-corrected chi connectivity index (χ3v) is 3.73. The number of aliphatic hydroxyl groups is 1. The lowest BCUT2D eigenvalue weighted by Gasteiger charge is -2.14. The van der Waals surface area contributed by atoms with Gasteiger partial charge in [-0.15, -0.1) is 11.8 Å². The van der Waals surface area contributed by atoms with E-state index in [0.29, 0.717) is 13.1 Å². The van der Waals surface area contributed by atoms with Gasteiger partial charge in [-0.2, -0.15) is 0 Å². The molecule has 0 saturated carbocycles. The number of aliphatic hydroxyl groups excluding tert-OH is 1. The van der Waals surface area contributed by atoms with Gasteiger partial charge < -0.3 is 9.84 Å². The molecule has 5 heteroatoms. The summed E-state index contributed by atoms with van der Waals surface area (Å²) in [5, 5.41) is 8.80. The van der Waals surface area contributed by atoms with Crippen molar-refractivity contribution >= 4 is 18.2 Å². The van der Waals surface area contributed by atoms with E-state index in [2.05, 4.69) is 9.64 Å². The van der Waals surface area contributed by atoms with Crippen LogP contribution in [0.2, 0.25) is 0 Å². The second-order valence-corrected chi connectivity index (χ2v) is 6.16. The third-order valence-electron chi connectivity index (χ3n) is 2.29. The Morgan fingerprint density at radius 2 is 2.27 bits per heavy atom. The number of carbonyl (C=O) groups is 1. The number of nitrogens with zero attached hydrogens (tertiary/aromatic N) is 1. The van der Waals surface area contributed by atoms with E-state index >= 15 is 0 Å². The summed E-state index contributed by atoms with van der Waals surface area (Å²) in [6.07, 6.45) is 0. The molecule has 2 rings (SSSR count). The van der Waals surface area contributed by atoms with Crippen LogP contribution in [0.5, 0.6) is 0 Å². The van der Waals surface area contributed by atoms with E-state index < -0.39 is 0 Å². The van der Waals surface area contributed by atoms with E-state index in [0.717, 1.165) is 6.54 Å². The van der Waals surface area contributed by atoms with Crippen molar-refractivity contribution in [2.45, 2.75) is 31.2 Å². The van der Waals surface area contributed by atoms with Crippen LogP contribution in [0.1, 0.15) is 20.8 Å². The Morgan fingerprint density at radius 3 is 2.40 bits per heavy atom. The summed E-state index contributed by atoms with van der Waals surface area (Å²) >= 11 is 1.89. The SMILES string of the molecule is CC(C)(C)OC=O.OCC12CN1CCS2. The lowest BCUT2D eigenvalue weighted by Crippen LogP contribution is -2.17. The van der Waals surface area contributed by atoms with Crippen molar-refractivity contribution in [3.8, 4) is 0 Å². The summed E-state index contributed by atoms with van der Waals surface area (Å²) in [4.78, 5) is 12.1. The fraction of sp³-hybridized carbons (Fsp3) is 0.900. The quantitative estimate of drug-likeness (QED) is 0.562. The highest BCUT2D eigenvalue weighted by molar-refractivity contribution is 8.01. The van der Waals surface area contributed by atoms with Gasteiger partial charge in [0.2, 0.25) is 0 Å². The largest absolute Gasteiger partial charge is 0.462 e. The van der Waals surface area contributed by atoms with Gasteiger partial charge >= 0.3 is 0 Å². The highest BCUT2D eigenvalue weighted by Crippen LogP contribution is 2.47. The van der Waals surface area contributed by atoms with Crippen molar-refractivity contribution in [1.82, 2.24) is 4.90 Å². The number of fused-ring (bicyclic) bond motifs is 1. The van der Waals surface area contributed by atoms with E-state index in [9.17, 15) is 4.79 Å². The van der Waals surface area contributed by atoms with Crippen LogP contribution in [-0.4, -0.2) is 52.4 Å². The number of hydrogen-bond acceptors (Lipinski definition) is 5. The van der Waals surface area contributed by atoms with Gasteiger partial charge in [-0.3, -0.25) is 9.69 Å². The van der Waals surface area contributed by atoms with Crippen LogP contribution in [0.25, 0.3) is 0 Å². The maximum Gasteiger partial charge on any atom is 0.293 e. The molecule has 0 aromatic rings. The Labute approximate surface area is 95.0 Å². The summed E-state index contributed by atoms with van der Waals surface area (Å²) in [6.45, 7) is 8.57. The van der Waals surface area contributed by atoms with E-state index in [-0.39, 0.29) is 10.5 Å². The Morgan fingerprint density at radius 1 is 1.60 bits per heavy atom. The zero-order valence-corrected chi connectivity index (χ0v) is 10.3.